The fourth-order valence-electron chi connectivity index (χ4n) is 2.43. The predicted octanol–water partition coefficient (Wildman–Crippen LogP) is 1.01. The predicted molar refractivity (Wildman–Crippen MR) is 105 cm³/mol. The number of guanidine groups is 1. The zero-order valence-electron chi connectivity index (χ0n) is 14.8. The van der Waals surface area contributed by atoms with Crippen LogP contribution >= 0.6 is 24.0 Å². The number of sulfonamides is 1. The van der Waals surface area contributed by atoms with Crippen LogP contribution in [0.15, 0.2) is 4.99 Å². The van der Waals surface area contributed by atoms with Crippen molar-refractivity contribution in [2.45, 2.75) is 45.3 Å². The van der Waals surface area contributed by atoms with Crippen molar-refractivity contribution in [3.05, 3.63) is 0 Å². The molecule has 0 aliphatic carbocycles. The Balaban J connectivity index is 0.00000484. The van der Waals surface area contributed by atoms with E-state index in [4.69, 9.17) is 4.74 Å². The van der Waals surface area contributed by atoms with Gasteiger partial charge in [0.05, 0.1) is 18.0 Å². The Kier molecular flexibility index (Phi) is 9.94. The Labute approximate surface area is 157 Å². The van der Waals surface area contributed by atoms with Gasteiger partial charge in [-0.2, -0.15) is 0 Å². The maximum absolute atomic E-state index is 11.0. The summed E-state index contributed by atoms with van der Waals surface area (Å²) in [5, 5.41) is 3.18. The Morgan fingerprint density at radius 3 is 2.26 bits per heavy atom. The normalized spacial score (nSPS) is 17.8. The van der Waals surface area contributed by atoms with Gasteiger partial charge in [-0.1, -0.05) is 0 Å². The quantitative estimate of drug-likeness (QED) is 0.276. The summed E-state index contributed by atoms with van der Waals surface area (Å²) in [5.41, 5.74) is -0.107. The molecule has 0 aromatic carbocycles. The van der Waals surface area contributed by atoms with Gasteiger partial charge in [0.25, 0.3) is 0 Å². The molecule has 1 rings (SSSR count). The lowest BCUT2D eigenvalue weighted by Gasteiger charge is -2.36. The third kappa shape index (κ3) is 10.4. The van der Waals surface area contributed by atoms with Crippen LogP contribution in [0.5, 0.6) is 0 Å². The number of hydrogen-bond donors (Lipinski definition) is 2. The molecule has 1 saturated heterocycles. The number of halogens is 1. The van der Waals surface area contributed by atoms with Crippen LogP contribution in [0, 0.1) is 0 Å². The molecule has 0 spiro atoms. The lowest BCUT2D eigenvalue weighted by molar-refractivity contribution is -0.0772. The second kappa shape index (κ2) is 10.00. The third-order valence-electron chi connectivity index (χ3n) is 3.25. The first-order chi connectivity index (χ1) is 10.1. The number of piperidine rings is 1. The molecular weight excluding hydrogens is 431 g/mol. The van der Waals surface area contributed by atoms with Crippen molar-refractivity contribution >= 4 is 40.0 Å². The molecule has 1 aliphatic heterocycles. The Bertz CT molecular complexity index is 469. The molecule has 0 aromatic rings. The zero-order valence-corrected chi connectivity index (χ0v) is 17.9. The van der Waals surface area contributed by atoms with Gasteiger partial charge in [0.2, 0.25) is 10.0 Å². The summed E-state index contributed by atoms with van der Waals surface area (Å²) in [7, 11) is -1.40. The fraction of sp³-hybridized carbons (Fsp3) is 0.929. The lowest BCUT2D eigenvalue weighted by Crippen LogP contribution is -2.49. The number of likely N-dealkylation sites (tertiary alicyclic amines) is 1. The third-order valence-corrected chi connectivity index (χ3v) is 3.97. The van der Waals surface area contributed by atoms with Gasteiger partial charge >= 0.3 is 0 Å². The van der Waals surface area contributed by atoms with E-state index < -0.39 is 10.0 Å². The van der Waals surface area contributed by atoms with Crippen molar-refractivity contribution in [1.82, 2.24) is 14.9 Å². The largest absolute Gasteiger partial charge is 0.372 e. The summed E-state index contributed by atoms with van der Waals surface area (Å²) in [5.74, 6) is 0.810. The molecule has 0 atom stereocenters. The molecule has 0 bridgehead atoms. The van der Waals surface area contributed by atoms with Crippen LogP contribution in [0.25, 0.3) is 0 Å². The van der Waals surface area contributed by atoms with Gasteiger partial charge in [-0.25, -0.2) is 13.1 Å². The van der Waals surface area contributed by atoms with E-state index in [0.29, 0.717) is 19.2 Å². The highest BCUT2D eigenvalue weighted by molar-refractivity contribution is 14.0. The fourth-order valence-corrected chi connectivity index (χ4v) is 2.90. The molecular formula is C14H31IN4O3S. The summed E-state index contributed by atoms with van der Waals surface area (Å²) in [6.45, 7) is 8.87. The summed E-state index contributed by atoms with van der Waals surface area (Å²) < 4.78 is 30.5. The van der Waals surface area contributed by atoms with Crippen LogP contribution in [0.1, 0.15) is 33.6 Å². The molecule has 2 N–H and O–H groups in total. The van der Waals surface area contributed by atoms with E-state index in [2.05, 4.69) is 40.7 Å². The second-order valence-corrected chi connectivity index (χ2v) is 8.39. The van der Waals surface area contributed by atoms with Crippen LogP contribution in [-0.4, -0.2) is 70.5 Å². The van der Waals surface area contributed by atoms with E-state index in [9.17, 15) is 8.42 Å². The van der Waals surface area contributed by atoms with Gasteiger partial charge in [-0.3, -0.25) is 4.99 Å². The standard InChI is InChI=1S/C14H30N4O3S.HI/c1-14(2,3)21-12-6-10-18(11-7-12)13(15-4)16-8-9-17-22(5,19)20;/h12,17H,6-11H2,1-5H3,(H,15,16);1H. The number of aliphatic imine (C=N–C) groups is 1. The minimum absolute atomic E-state index is 0. The van der Waals surface area contributed by atoms with Crippen molar-refractivity contribution in [1.29, 1.82) is 0 Å². The van der Waals surface area contributed by atoms with Crippen LogP contribution in [0.4, 0.5) is 0 Å². The highest BCUT2D eigenvalue weighted by Crippen LogP contribution is 2.20. The Hall–Kier alpha value is -0.130. The van der Waals surface area contributed by atoms with Crippen LogP contribution in [0.3, 0.4) is 0 Å². The first kappa shape index (κ1) is 22.9. The first-order valence-corrected chi connectivity index (χ1v) is 9.58. The maximum Gasteiger partial charge on any atom is 0.208 e. The van der Waals surface area contributed by atoms with E-state index in [0.717, 1.165) is 38.1 Å². The zero-order chi connectivity index (χ0) is 16.8. The van der Waals surface area contributed by atoms with Crippen LogP contribution in [-0.2, 0) is 14.8 Å². The van der Waals surface area contributed by atoms with E-state index >= 15 is 0 Å². The highest BCUT2D eigenvalue weighted by atomic mass is 127. The molecule has 138 valence electrons. The minimum Gasteiger partial charge on any atom is -0.372 e. The van der Waals surface area contributed by atoms with Gasteiger partial charge in [0.1, 0.15) is 0 Å². The molecule has 0 radical (unpaired) electrons. The van der Waals surface area contributed by atoms with Gasteiger partial charge < -0.3 is 15.0 Å². The number of rotatable bonds is 5. The van der Waals surface area contributed by atoms with Crippen molar-refractivity contribution in [2.75, 3.05) is 39.5 Å². The molecule has 23 heavy (non-hydrogen) atoms. The number of nitrogens with zero attached hydrogens (tertiary/aromatic N) is 2. The molecule has 0 aromatic heterocycles. The summed E-state index contributed by atoms with van der Waals surface area (Å²) >= 11 is 0. The van der Waals surface area contributed by atoms with E-state index in [1.54, 1.807) is 7.05 Å². The van der Waals surface area contributed by atoms with Crippen molar-refractivity contribution in [2.24, 2.45) is 4.99 Å². The van der Waals surface area contributed by atoms with Gasteiger partial charge in [0, 0.05) is 33.2 Å². The monoisotopic (exact) mass is 462 g/mol. The minimum atomic E-state index is -3.14. The molecule has 0 amide bonds. The number of hydrogen-bond acceptors (Lipinski definition) is 4. The Morgan fingerprint density at radius 2 is 1.83 bits per heavy atom. The lowest BCUT2D eigenvalue weighted by atomic mass is 10.1. The Morgan fingerprint density at radius 1 is 1.26 bits per heavy atom. The molecule has 0 saturated carbocycles. The van der Waals surface area contributed by atoms with E-state index in [-0.39, 0.29) is 29.6 Å². The molecule has 1 heterocycles. The van der Waals surface area contributed by atoms with Crippen molar-refractivity contribution in [3.63, 3.8) is 0 Å². The molecule has 0 unspecified atom stereocenters. The smallest absolute Gasteiger partial charge is 0.208 e. The highest BCUT2D eigenvalue weighted by Gasteiger charge is 2.25. The summed E-state index contributed by atoms with van der Waals surface area (Å²) in [4.78, 5) is 6.44. The SMILES string of the molecule is CN=C(NCCNS(C)(=O)=O)N1CCC(OC(C)(C)C)CC1.I. The van der Waals surface area contributed by atoms with Gasteiger partial charge in [0.15, 0.2) is 5.96 Å². The topological polar surface area (TPSA) is 83.0 Å². The van der Waals surface area contributed by atoms with E-state index in [1.807, 2.05) is 0 Å². The van der Waals surface area contributed by atoms with Crippen molar-refractivity contribution < 1.29 is 13.2 Å². The van der Waals surface area contributed by atoms with E-state index in [1.165, 1.54) is 0 Å². The van der Waals surface area contributed by atoms with Crippen LogP contribution < -0.4 is 10.0 Å². The average molecular weight is 462 g/mol. The molecule has 7 nitrogen and oxygen atoms in total. The molecule has 1 fully saturated rings. The number of nitrogens with one attached hydrogen (secondary N) is 2. The average Bonchev–Trinajstić information content (AvgIpc) is 2.37. The summed E-state index contributed by atoms with van der Waals surface area (Å²) in [6, 6.07) is 0. The second-order valence-electron chi connectivity index (χ2n) is 6.56. The maximum atomic E-state index is 11.0. The van der Waals surface area contributed by atoms with Crippen LogP contribution in [0.2, 0.25) is 0 Å². The van der Waals surface area contributed by atoms with Gasteiger partial charge in [-0.15, -0.1) is 24.0 Å². The molecule has 1 aliphatic rings. The first-order valence-electron chi connectivity index (χ1n) is 7.69. The molecule has 9 heteroatoms. The summed E-state index contributed by atoms with van der Waals surface area (Å²) in [6.07, 6.45) is 3.39. The number of ether oxygens (including phenoxy) is 1. The van der Waals surface area contributed by atoms with Crippen molar-refractivity contribution in [3.8, 4) is 0 Å². The van der Waals surface area contributed by atoms with Gasteiger partial charge in [-0.05, 0) is 33.6 Å².